The number of hydrogen-bond acceptors (Lipinski definition) is 2. The standard InChI is InChI=1S/C14H17NO/c1-3-12(15)14-9-8-13(16-14)11-6-4-10(2)5-7-11/h4-9,12H,3,15H2,1-2H3. The van der Waals surface area contributed by atoms with E-state index in [1.807, 2.05) is 12.1 Å². The Morgan fingerprint density at radius 2 is 1.81 bits per heavy atom. The Morgan fingerprint density at radius 3 is 2.44 bits per heavy atom. The molecule has 2 N–H and O–H groups in total. The summed E-state index contributed by atoms with van der Waals surface area (Å²) in [5.41, 5.74) is 8.26. The molecule has 1 aromatic heterocycles. The summed E-state index contributed by atoms with van der Waals surface area (Å²) in [4.78, 5) is 0. The third-order valence-electron chi connectivity index (χ3n) is 2.77. The van der Waals surface area contributed by atoms with Crippen LogP contribution in [0.4, 0.5) is 0 Å². The van der Waals surface area contributed by atoms with Crippen LogP contribution < -0.4 is 5.73 Å². The number of hydrogen-bond donors (Lipinski definition) is 1. The molecule has 0 radical (unpaired) electrons. The van der Waals surface area contributed by atoms with Crippen molar-refractivity contribution in [3.63, 3.8) is 0 Å². The van der Waals surface area contributed by atoms with Crippen LogP contribution in [0.3, 0.4) is 0 Å². The summed E-state index contributed by atoms with van der Waals surface area (Å²) < 4.78 is 5.74. The van der Waals surface area contributed by atoms with E-state index in [0.29, 0.717) is 0 Å². The van der Waals surface area contributed by atoms with Crippen LogP contribution in [-0.2, 0) is 0 Å². The van der Waals surface area contributed by atoms with Gasteiger partial charge in [-0.3, -0.25) is 0 Å². The van der Waals surface area contributed by atoms with Crippen LogP contribution in [0.1, 0.15) is 30.7 Å². The van der Waals surface area contributed by atoms with Crippen LogP contribution >= 0.6 is 0 Å². The van der Waals surface area contributed by atoms with E-state index in [2.05, 4.69) is 38.1 Å². The smallest absolute Gasteiger partial charge is 0.134 e. The Hall–Kier alpha value is -1.54. The molecule has 2 aromatic rings. The van der Waals surface area contributed by atoms with Crippen molar-refractivity contribution in [2.75, 3.05) is 0 Å². The molecule has 16 heavy (non-hydrogen) atoms. The molecule has 0 aliphatic carbocycles. The number of rotatable bonds is 3. The molecule has 1 aromatic carbocycles. The number of furan rings is 1. The summed E-state index contributed by atoms with van der Waals surface area (Å²) >= 11 is 0. The van der Waals surface area contributed by atoms with Gasteiger partial charge >= 0.3 is 0 Å². The van der Waals surface area contributed by atoms with Gasteiger partial charge in [-0.15, -0.1) is 0 Å². The quantitative estimate of drug-likeness (QED) is 0.848. The maximum Gasteiger partial charge on any atom is 0.134 e. The Morgan fingerprint density at radius 1 is 1.12 bits per heavy atom. The molecule has 0 amide bonds. The zero-order chi connectivity index (χ0) is 11.5. The van der Waals surface area contributed by atoms with Gasteiger partial charge in [-0.2, -0.15) is 0 Å². The molecule has 2 heteroatoms. The highest BCUT2D eigenvalue weighted by Crippen LogP contribution is 2.25. The first-order valence-corrected chi connectivity index (χ1v) is 5.63. The summed E-state index contributed by atoms with van der Waals surface area (Å²) in [6.07, 6.45) is 0.890. The van der Waals surface area contributed by atoms with E-state index >= 15 is 0 Å². The summed E-state index contributed by atoms with van der Waals surface area (Å²) in [5, 5.41) is 0. The first-order chi connectivity index (χ1) is 7.70. The van der Waals surface area contributed by atoms with Crippen molar-refractivity contribution in [2.45, 2.75) is 26.3 Å². The topological polar surface area (TPSA) is 39.2 Å². The van der Waals surface area contributed by atoms with Crippen LogP contribution in [0.15, 0.2) is 40.8 Å². The minimum Gasteiger partial charge on any atom is -0.459 e. The molecule has 2 nitrogen and oxygen atoms in total. The number of aryl methyl sites for hydroxylation is 1. The lowest BCUT2D eigenvalue weighted by Gasteiger charge is -2.04. The lowest BCUT2D eigenvalue weighted by Crippen LogP contribution is -2.06. The highest BCUT2D eigenvalue weighted by Gasteiger charge is 2.09. The third kappa shape index (κ3) is 2.17. The zero-order valence-electron chi connectivity index (χ0n) is 9.73. The van der Waals surface area contributed by atoms with Crippen molar-refractivity contribution < 1.29 is 4.42 Å². The number of nitrogens with two attached hydrogens (primary N) is 1. The van der Waals surface area contributed by atoms with Crippen molar-refractivity contribution in [2.24, 2.45) is 5.73 Å². The first kappa shape index (κ1) is 11.0. The van der Waals surface area contributed by atoms with Gasteiger partial charge in [0.05, 0.1) is 6.04 Å². The molecule has 2 rings (SSSR count). The van der Waals surface area contributed by atoms with Crippen molar-refractivity contribution in [3.05, 3.63) is 47.7 Å². The molecule has 0 spiro atoms. The summed E-state index contributed by atoms with van der Waals surface area (Å²) in [7, 11) is 0. The molecule has 0 aliphatic heterocycles. The lowest BCUT2D eigenvalue weighted by molar-refractivity contribution is 0.470. The predicted octanol–water partition coefficient (Wildman–Crippen LogP) is 3.66. The molecule has 84 valence electrons. The van der Waals surface area contributed by atoms with E-state index in [1.54, 1.807) is 0 Å². The average Bonchev–Trinajstić information content (AvgIpc) is 2.78. The van der Waals surface area contributed by atoms with Crippen LogP contribution in [0.25, 0.3) is 11.3 Å². The van der Waals surface area contributed by atoms with Gasteiger partial charge in [-0.05, 0) is 25.5 Å². The Bertz CT molecular complexity index is 456. The Balaban J connectivity index is 2.28. The van der Waals surface area contributed by atoms with Gasteiger partial charge in [0.25, 0.3) is 0 Å². The van der Waals surface area contributed by atoms with Gasteiger partial charge in [-0.1, -0.05) is 36.8 Å². The fraction of sp³-hybridized carbons (Fsp3) is 0.286. The highest BCUT2D eigenvalue weighted by molar-refractivity contribution is 5.57. The predicted molar refractivity (Wildman–Crippen MR) is 66.1 cm³/mol. The van der Waals surface area contributed by atoms with E-state index in [4.69, 9.17) is 10.2 Å². The van der Waals surface area contributed by atoms with Gasteiger partial charge in [0.15, 0.2) is 0 Å². The molecule has 0 aliphatic rings. The molecule has 1 unspecified atom stereocenters. The van der Waals surface area contributed by atoms with Crippen molar-refractivity contribution >= 4 is 0 Å². The molecule has 0 bridgehead atoms. The van der Waals surface area contributed by atoms with Gasteiger partial charge < -0.3 is 10.2 Å². The van der Waals surface area contributed by atoms with Crippen LogP contribution in [0.5, 0.6) is 0 Å². The van der Waals surface area contributed by atoms with Crippen LogP contribution in [0, 0.1) is 6.92 Å². The molecule has 1 heterocycles. The normalized spacial score (nSPS) is 12.7. The second kappa shape index (κ2) is 4.54. The van der Waals surface area contributed by atoms with Crippen molar-refractivity contribution in [1.29, 1.82) is 0 Å². The summed E-state index contributed by atoms with van der Waals surface area (Å²) in [6, 6.07) is 12.2. The van der Waals surface area contributed by atoms with Crippen LogP contribution in [-0.4, -0.2) is 0 Å². The fourth-order valence-corrected chi connectivity index (χ4v) is 1.63. The minimum atomic E-state index is -0.000742. The SMILES string of the molecule is CCC(N)c1ccc(-c2ccc(C)cc2)o1. The highest BCUT2D eigenvalue weighted by atomic mass is 16.3. The van der Waals surface area contributed by atoms with Gasteiger partial charge in [-0.25, -0.2) is 0 Å². The maximum atomic E-state index is 5.92. The monoisotopic (exact) mass is 215 g/mol. The third-order valence-corrected chi connectivity index (χ3v) is 2.77. The maximum absolute atomic E-state index is 5.92. The van der Waals surface area contributed by atoms with E-state index in [-0.39, 0.29) is 6.04 Å². The molecule has 0 saturated heterocycles. The van der Waals surface area contributed by atoms with Gasteiger partial charge in [0.1, 0.15) is 11.5 Å². The fourth-order valence-electron chi connectivity index (χ4n) is 1.63. The second-order valence-electron chi connectivity index (χ2n) is 4.08. The van der Waals surface area contributed by atoms with Gasteiger partial charge in [0, 0.05) is 5.56 Å². The van der Waals surface area contributed by atoms with Crippen molar-refractivity contribution in [3.8, 4) is 11.3 Å². The summed E-state index contributed by atoms with van der Waals surface area (Å²) in [6.45, 7) is 4.13. The Labute approximate surface area is 96.1 Å². The lowest BCUT2D eigenvalue weighted by atomic mass is 10.1. The molecular weight excluding hydrogens is 198 g/mol. The number of benzene rings is 1. The minimum absolute atomic E-state index is 0.000742. The summed E-state index contributed by atoms with van der Waals surface area (Å²) in [5.74, 6) is 1.75. The molecule has 0 saturated carbocycles. The second-order valence-corrected chi connectivity index (χ2v) is 4.08. The van der Waals surface area contributed by atoms with E-state index in [1.165, 1.54) is 5.56 Å². The molecular formula is C14H17NO. The Kier molecular flexibility index (Phi) is 3.11. The average molecular weight is 215 g/mol. The largest absolute Gasteiger partial charge is 0.459 e. The van der Waals surface area contributed by atoms with E-state index < -0.39 is 0 Å². The van der Waals surface area contributed by atoms with Crippen molar-refractivity contribution in [1.82, 2.24) is 0 Å². The van der Waals surface area contributed by atoms with E-state index in [9.17, 15) is 0 Å². The molecule has 0 fully saturated rings. The van der Waals surface area contributed by atoms with E-state index in [0.717, 1.165) is 23.5 Å². The molecule has 1 atom stereocenters. The first-order valence-electron chi connectivity index (χ1n) is 5.63. The van der Waals surface area contributed by atoms with Crippen LogP contribution in [0.2, 0.25) is 0 Å². The van der Waals surface area contributed by atoms with Gasteiger partial charge in [0.2, 0.25) is 0 Å². The zero-order valence-corrected chi connectivity index (χ0v) is 9.73.